The topological polar surface area (TPSA) is 69.7 Å². The molecule has 158 valence electrons. The van der Waals surface area contributed by atoms with Gasteiger partial charge in [-0.3, -0.25) is 4.79 Å². The Morgan fingerprint density at radius 1 is 1.03 bits per heavy atom. The highest BCUT2D eigenvalue weighted by atomic mass is 35.5. The van der Waals surface area contributed by atoms with E-state index in [9.17, 15) is 4.79 Å². The third kappa shape index (κ3) is 5.16. The molecule has 3 rings (SSSR count). The van der Waals surface area contributed by atoms with Gasteiger partial charge in [0.2, 0.25) is 11.7 Å². The molecule has 30 heavy (non-hydrogen) atoms. The minimum Gasteiger partial charge on any atom is -0.493 e. The van der Waals surface area contributed by atoms with E-state index in [4.69, 9.17) is 37.4 Å². The molecule has 2 aromatic carbocycles. The predicted molar refractivity (Wildman–Crippen MR) is 120 cm³/mol. The SMILES string of the molecule is COc1ccc(CC(=O)Nc2ncc(Cc3ccc(Cl)cc3Cl)s2)c(OC)c1OC. The molecular weight excluding hydrogens is 447 g/mol. The largest absolute Gasteiger partial charge is 0.493 e. The maximum absolute atomic E-state index is 12.6. The first-order chi connectivity index (χ1) is 14.4. The van der Waals surface area contributed by atoms with Crippen LogP contribution in [0.3, 0.4) is 0 Å². The summed E-state index contributed by atoms with van der Waals surface area (Å²) in [5.74, 6) is 1.22. The highest BCUT2D eigenvalue weighted by Crippen LogP contribution is 2.40. The third-order valence-corrected chi connectivity index (χ3v) is 5.82. The second kappa shape index (κ2) is 10.0. The number of halogens is 2. The van der Waals surface area contributed by atoms with Crippen molar-refractivity contribution >= 4 is 45.6 Å². The quantitative estimate of drug-likeness (QED) is 0.490. The Balaban J connectivity index is 1.69. The molecule has 9 heteroatoms. The molecule has 1 N–H and O–H groups in total. The number of carbonyl (C=O) groups is 1. The molecule has 0 fully saturated rings. The van der Waals surface area contributed by atoms with Crippen LogP contribution in [0.15, 0.2) is 36.5 Å². The highest BCUT2D eigenvalue weighted by molar-refractivity contribution is 7.15. The van der Waals surface area contributed by atoms with Crippen LogP contribution < -0.4 is 19.5 Å². The molecule has 0 unspecified atom stereocenters. The summed E-state index contributed by atoms with van der Waals surface area (Å²) >= 11 is 13.6. The van der Waals surface area contributed by atoms with E-state index in [0.717, 1.165) is 10.4 Å². The zero-order chi connectivity index (χ0) is 21.7. The van der Waals surface area contributed by atoms with E-state index in [1.54, 1.807) is 37.6 Å². The summed E-state index contributed by atoms with van der Waals surface area (Å²) in [6.45, 7) is 0. The van der Waals surface area contributed by atoms with Gasteiger partial charge in [-0.05, 0) is 23.8 Å². The van der Waals surface area contributed by atoms with E-state index in [2.05, 4.69) is 10.3 Å². The molecule has 0 aliphatic heterocycles. The summed E-state index contributed by atoms with van der Waals surface area (Å²) in [5, 5.41) is 4.53. The Morgan fingerprint density at radius 2 is 1.77 bits per heavy atom. The van der Waals surface area contributed by atoms with Gasteiger partial charge in [0.25, 0.3) is 0 Å². The number of nitrogens with zero attached hydrogens (tertiary/aromatic N) is 1. The molecular formula is C21H20Cl2N2O4S. The number of carbonyl (C=O) groups excluding carboxylic acids is 1. The van der Waals surface area contributed by atoms with E-state index >= 15 is 0 Å². The summed E-state index contributed by atoms with van der Waals surface area (Å²) in [7, 11) is 4.59. The molecule has 0 aliphatic rings. The van der Waals surface area contributed by atoms with Crippen LogP contribution in [0.2, 0.25) is 10.0 Å². The van der Waals surface area contributed by atoms with Gasteiger partial charge in [0.15, 0.2) is 16.6 Å². The fourth-order valence-electron chi connectivity index (χ4n) is 2.94. The van der Waals surface area contributed by atoms with E-state index in [-0.39, 0.29) is 12.3 Å². The van der Waals surface area contributed by atoms with Gasteiger partial charge in [0.1, 0.15) is 0 Å². The fraction of sp³-hybridized carbons (Fsp3) is 0.238. The minimum absolute atomic E-state index is 0.0987. The molecule has 1 heterocycles. The normalized spacial score (nSPS) is 10.6. The maximum atomic E-state index is 12.6. The second-order valence-corrected chi connectivity index (χ2v) is 8.22. The van der Waals surface area contributed by atoms with Crippen molar-refractivity contribution in [2.45, 2.75) is 12.8 Å². The molecule has 6 nitrogen and oxygen atoms in total. The molecule has 1 aromatic heterocycles. The third-order valence-electron chi connectivity index (χ3n) is 4.32. The average Bonchev–Trinajstić information content (AvgIpc) is 3.16. The van der Waals surface area contributed by atoms with Crippen molar-refractivity contribution in [3.05, 3.63) is 62.6 Å². The number of nitrogens with one attached hydrogen (secondary N) is 1. The molecule has 0 spiro atoms. The molecule has 0 aliphatic carbocycles. The van der Waals surface area contributed by atoms with Crippen molar-refractivity contribution in [3.8, 4) is 17.2 Å². The van der Waals surface area contributed by atoms with Gasteiger partial charge in [-0.1, -0.05) is 35.3 Å². The Morgan fingerprint density at radius 3 is 2.43 bits per heavy atom. The summed E-state index contributed by atoms with van der Waals surface area (Å²) in [5.41, 5.74) is 1.62. The van der Waals surface area contributed by atoms with Crippen LogP contribution in [0.1, 0.15) is 16.0 Å². The van der Waals surface area contributed by atoms with Crippen LogP contribution in [0.5, 0.6) is 17.2 Å². The predicted octanol–water partition coefficient (Wildman–Crippen LogP) is 5.25. The number of rotatable bonds is 8. The first kappa shape index (κ1) is 22.2. The molecule has 3 aromatic rings. The van der Waals surface area contributed by atoms with Crippen molar-refractivity contribution in [2.75, 3.05) is 26.6 Å². The Hall–Kier alpha value is -2.48. The lowest BCUT2D eigenvalue weighted by atomic mass is 10.1. The lowest BCUT2D eigenvalue weighted by Crippen LogP contribution is -2.15. The number of ether oxygens (including phenoxy) is 3. The Kier molecular flexibility index (Phi) is 7.42. The minimum atomic E-state index is -0.217. The van der Waals surface area contributed by atoms with Crippen LogP contribution in [0, 0.1) is 0 Å². The van der Waals surface area contributed by atoms with Gasteiger partial charge in [-0.2, -0.15) is 0 Å². The number of aromatic nitrogens is 1. The smallest absolute Gasteiger partial charge is 0.230 e. The summed E-state index contributed by atoms with van der Waals surface area (Å²) in [6.07, 6.45) is 2.43. The van der Waals surface area contributed by atoms with Crippen molar-refractivity contribution in [2.24, 2.45) is 0 Å². The second-order valence-electron chi connectivity index (χ2n) is 6.26. The molecule has 0 saturated heterocycles. The lowest BCUT2D eigenvalue weighted by molar-refractivity contribution is -0.115. The standard InChI is InChI=1S/C21H20Cl2N2O4S/c1-27-17-7-5-13(19(28-2)20(17)29-3)9-18(26)25-21-24-11-15(30-21)8-12-4-6-14(22)10-16(12)23/h4-7,10-11H,8-9H2,1-3H3,(H,24,25,26). The average molecular weight is 467 g/mol. The maximum Gasteiger partial charge on any atom is 0.230 e. The van der Waals surface area contributed by atoms with Crippen LogP contribution in [-0.2, 0) is 17.6 Å². The number of thiazole rings is 1. The fourth-order valence-corrected chi connectivity index (χ4v) is 4.27. The van der Waals surface area contributed by atoms with Crippen LogP contribution >= 0.6 is 34.5 Å². The van der Waals surface area contributed by atoms with Crippen molar-refractivity contribution in [1.29, 1.82) is 0 Å². The summed E-state index contributed by atoms with van der Waals surface area (Å²) in [6, 6.07) is 8.89. The van der Waals surface area contributed by atoms with Crippen LogP contribution in [-0.4, -0.2) is 32.2 Å². The van der Waals surface area contributed by atoms with Crippen LogP contribution in [0.25, 0.3) is 0 Å². The van der Waals surface area contributed by atoms with Gasteiger partial charge in [-0.15, -0.1) is 11.3 Å². The Labute approximate surface area is 188 Å². The van der Waals surface area contributed by atoms with E-state index in [1.807, 2.05) is 6.07 Å². The lowest BCUT2D eigenvalue weighted by Gasteiger charge is -2.15. The number of methoxy groups -OCH3 is 3. The van der Waals surface area contributed by atoms with Crippen molar-refractivity contribution in [1.82, 2.24) is 4.98 Å². The van der Waals surface area contributed by atoms with Crippen molar-refractivity contribution in [3.63, 3.8) is 0 Å². The van der Waals surface area contributed by atoms with E-state index in [1.165, 1.54) is 25.6 Å². The number of benzene rings is 2. The van der Waals surface area contributed by atoms with Gasteiger partial charge in [0, 0.05) is 33.1 Å². The van der Waals surface area contributed by atoms with Crippen molar-refractivity contribution < 1.29 is 19.0 Å². The zero-order valence-corrected chi connectivity index (χ0v) is 19.0. The number of anilines is 1. The number of hydrogen-bond donors (Lipinski definition) is 1. The van der Waals surface area contributed by atoms with E-state index in [0.29, 0.717) is 44.4 Å². The molecule has 0 bridgehead atoms. The molecule has 1 amide bonds. The summed E-state index contributed by atoms with van der Waals surface area (Å²) < 4.78 is 16.1. The zero-order valence-electron chi connectivity index (χ0n) is 16.6. The van der Waals surface area contributed by atoms with Gasteiger partial charge >= 0.3 is 0 Å². The molecule has 0 radical (unpaired) electrons. The number of hydrogen-bond acceptors (Lipinski definition) is 6. The first-order valence-electron chi connectivity index (χ1n) is 8.91. The van der Waals surface area contributed by atoms with Gasteiger partial charge in [0.05, 0.1) is 27.8 Å². The monoisotopic (exact) mass is 466 g/mol. The highest BCUT2D eigenvalue weighted by Gasteiger charge is 2.18. The summed E-state index contributed by atoms with van der Waals surface area (Å²) in [4.78, 5) is 17.8. The Bertz CT molecular complexity index is 1060. The molecule has 0 atom stereocenters. The first-order valence-corrected chi connectivity index (χ1v) is 10.5. The molecule has 0 saturated carbocycles. The van der Waals surface area contributed by atoms with Crippen LogP contribution in [0.4, 0.5) is 5.13 Å². The van der Waals surface area contributed by atoms with Gasteiger partial charge in [-0.25, -0.2) is 4.98 Å². The number of amides is 1. The van der Waals surface area contributed by atoms with Gasteiger partial charge < -0.3 is 19.5 Å². The van der Waals surface area contributed by atoms with E-state index < -0.39 is 0 Å².